The zero-order valence-electron chi connectivity index (χ0n) is 9.99. The van der Waals surface area contributed by atoms with Crippen molar-refractivity contribution in [3.8, 4) is 0 Å². The number of nitrogens with one attached hydrogen (secondary N) is 1. The molecule has 0 fully saturated rings. The van der Waals surface area contributed by atoms with Gasteiger partial charge in [-0.15, -0.1) is 0 Å². The molecule has 1 N–H and O–H groups in total. The second kappa shape index (κ2) is 5.32. The highest BCUT2D eigenvalue weighted by Gasteiger charge is 2.38. The van der Waals surface area contributed by atoms with Crippen LogP contribution in [0.3, 0.4) is 0 Å². The van der Waals surface area contributed by atoms with Crippen LogP contribution in [0.2, 0.25) is 0 Å². The number of carbonyl (C=O) groups is 1. The number of halogens is 4. The molecule has 0 radical (unpaired) electrons. The van der Waals surface area contributed by atoms with Crippen LogP contribution >= 0.6 is 0 Å². The third-order valence-electron chi connectivity index (χ3n) is 2.38. The maximum atomic E-state index is 13.0. The van der Waals surface area contributed by atoms with E-state index < -0.39 is 17.9 Å². The second-order valence-corrected chi connectivity index (χ2v) is 4.01. The average molecular weight is 287 g/mol. The summed E-state index contributed by atoms with van der Waals surface area (Å²) in [6.07, 6.45) is -2.64. The molecule has 0 spiro atoms. The molecule has 8 heteroatoms. The number of alkyl halides is 3. The number of benzene rings is 1. The Labute approximate surface area is 111 Å². The van der Waals surface area contributed by atoms with E-state index in [9.17, 15) is 22.4 Å². The Kier molecular flexibility index (Phi) is 3.73. The molecular formula is C12H9F4N3O. The van der Waals surface area contributed by atoms with Crippen molar-refractivity contribution >= 4 is 11.6 Å². The van der Waals surface area contributed by atoms with Gasteiger partial charge in [-0.05, 0) is 17.7 Å². The first-order valence-electron chi connectivity index (χ1n) is 5.49. The summed E-state index contributed by atoms with van der Waals surface area (Å²) in [5.41, 5.74) is 0.519. The van der Waals surface area contributed by atoms with Gasteiger partial charge in [0, 0.05) is 6.20 Å². The van der Waals surface area contributed by atoms with Crippen LogP contribution in [0.5, 0.6) is 0 Å². The summed E-state index contributed by atoms with van der Waals surface area (Å²) in [5.74, 6) is -2.48. The van der Waals surface area contributed by atoms with Crippen LogP contribution in [0.4, 0.5) is 23.2 Å². The van der Waals surface area contributed by atoms with Crippen LogP contribution in [0.25, 0.3) is 0 Å². The predicted octanol–water partition coefficient (Wildman–Crippen LogP) is 2.57. The van der Waals surface area contributed by atoms with Crippen molar-refractivity contribution in [2.75, 3.05) is 5.32 Å². The molecule has 0 unspecified atom stereocenters. The van der Waals surface area contributed by atoms with Gasteiger partial charge >= 0.3 is 12.1 Å². The van der Waals surface area contributed by atoms with Crippen molar-refractivity contribution in [1.82, 2.24) is 9.78 Å². The number of hydrogen-bond donors (Lipinski definition) is 1. The van der Waals surface area contributed by atoms with Crippen LogP contribution in [-0.2, 0) is 11.3 Å². The number of hydrogen-bond acceptors (Lipinski definition) is 2. The monoisotopic (exact) mass is 287 g/mol. The Morgan fingerprint density at radius 1 is 1.35 bits per heavy atom. The van der Waals surface area contributed by atoms with E-state index in [4.69, 9.17) is 0 Å². The van der Waals surface area contributed by atoms with Gasteiger partial charge in [0.2, 0.25) is 0 Å². The van der Waals surface area contributed by atoms with E-state index in [0.29, 0.717) is 5.56 Å². The van der Waals surface area contributed by atoms with Crippen molar-refractivity contribution < 1.29 is 22.4 Å². The molecule has 0 saturated carbocycles. The summed E-state index contributed by atoms with van der Waals surface area (Å²) in [5, 5.41) is 5.47. The normalized spacial score (nSPS) is 11.4. The van der Waals surface area contributed by atoms with E-state index >= 15 is 0 Å². The van der Waals surface area contributed by atoms with E-state index in [0.717, 1.165) is 6.20 Å². The molecule has 20 heavy (non-hydrogen) atoms. The average Bonchev–Trinajstić information content (AvgIpc) is 2.75. The van der Waals surface area contributed by atoms with Gasteiger partial charge in [-0.1, -0.05) is 12.1 Å². The van der Waals surface area contributed by atoms with Crippen molar-refractivity contribution in [3.63, 3.8) is 0 Å². The van der Waals surface area contributed by atoms with E-state index in [1.807, 2.05) is 0 Å². The minimum atomic E-state index is -4.95. The number of nitrogens with zero attached hydrogens (tertiary/aromatic N) is 2. The Hall–Kier alpha value is -2.38. The molecule has 1 aromatic heterocycles. The fourth-order valence-corrected chi connectivity index (χ4v) is 1.54. The quantitative estimate of drug-likeness (QED) is 0.882. The van der Waals surface area contributed by atoms with E-state index in [-0.39, 0.29) is 12.2 Å². The molecule has 2 rings (SSSR count). The smallest absolute Gasteiger partial charge is 0.316 e. The molecule has 0 bridgehead atoms. The third-order valence-corrected chi connectivity index (χ3v) is 2.38. The van der Waals surface area contributed by atoms with Gasteiger partial charge in [0.1, 0.15) is 5.82 Å². The zero-order chi connectivity index (χ0) is 14.8. The Morgan fingerprint density at radius 3 is 2.75 bits per heavy atom. The lowest BCUT2D eigenvalue weighted by Crippen LogP contribution is -2.29. The van der Waals surface area contributed by atoms with Gasteiger partial charge < -0.3 is 5.32 Å². The van der Waals surface area contributed by atoms with Gasteiger partial charge in [0.15, 0.2) is 0 Å². The number of rotatable bonds is 3. The predicted molar refractivity (Wildman–Crippen MR) is 62.4 cm³/mol. The van der Waals surface area contributed by atoms with Crippen LogP contribution in [0, 0.1) is 5.82 Å². The molecule has 0 aliphatic carbocycles. The number of anilines is 1. The molecule has 1 amide bonds. The van der Waals surface area contributed by atoms with Gasteiger partial charge in [0.25, 0.3) is 0 Å². The zero-order valence-corrected chi connectivity index (χ0v) is 9.99. The molecule has 0 saturated heterocycles. The van der Waals surface area contributed by atoms with Crippen molar-refractivity contribution in [2.24, 2.45) is 0 Å². The Balaban J connectivity index is 2.04. The summed E-state index contributed by atoms with van der Waals surface area (Å²) in [4.78, 5) is 10.7. The van der Waals surface area contributed by atoms with Crippen LogP contribution in [-0.4, -0.2) is 21.9 Å². The molecule has 1 heterocycles. The lowest BCUT2D eigenvalue weighted by molar-refractivity contribution is -0.167. The molecule has 4 nitrogen and oxygen atoms in total. The summed E-state index contributed by atoms with van der Waals surface area (Å²) < 4.78 is 50.4. The SMILES string of the molecule is O=C(Nc1cnn(Cc2cccc(F)c2)c1)C(F)(F)F. The van der Waals surface area contributed by atoms with Crippen molar-refractivity contribution in [1.29, 1.82) is 0 Å². The molecule has 2 aromatic rings. The lowest BCUT2D eigenvalue weighted by Gasteiger charge is -2.05. The second-order valence-electron chi connectivity index (χ2n) is 4.01. The van der Waals surface area contributed by atoms with Gasteiger partial charge in [-0.3, -0.25) is 9.48 Å². The van der Waals surface area contributed by atoms with E-state index in [2.05, 4.69) is 5.10 Å². The van der Waals surface area contributed by atoms with Crippen molar-refractivity contribution in [3.05, 3.63) is 48.0 Å². The minimum absolute atomic E-state index is 0.0799. The third kappa shape index (κ3) is 3.56. The molecule has 0 aliphatic rings. The largest absolute Gasteiger partial charge is 0.471 e. The number of aromatic nitrogens is 2. The first kappa shape index (κ1) is 14.0. The van der Waals surface area contributed by atoms with Gasteiger partial charge in [0.05, 0.1) is 18.4 Å². The summed E-state index contributed by atoms with van der Waals surface area (Å²) >= 11 is 0. The van der Waals surface area contributed by atoms with E-state index in [1.165, 1.54) is 29.1 Å². The summed E-state index contributed by atoms with van der Waals surface area (Å²) in [6, 6.07) is 5.73. The molecule has 106 valence electrons. The Bertz CT molecular complexity index is 621. The topological polar surface area (TPSA) is 46.9 Å². The number of amides is 1. The van der Waals surface area contributed by atoms with Crippen LogP contribution in [0.1, 0.15) is 5.56 Å². The molecular weight excluding hydrogens is 278 g/mol. The lowest BCUT2D eigenvalue weighted by atomic mass is 10.2. The summed E-state index contributed by atoms with van der Waals surface area (Å²) in [6.45, 7) is 0.180. The molecule has 1 aromatic carbocycles. The highest BCUT2D eigenvalue weighted by Crippen LogP contribution is 2.18. The van der Waals surface area contributed by atoms with E-state index in [1.54, 1.807) is 11.4 Å². The highest BCUT2D eigenvalue weighted by molar-refractivity contribution is 5.94. The van der Waals surface area contributed by atoms with Crippen LogP contribution < -0.4 is 5.32 Å². The minimum Gasteiger partial charge on any atom is -0.316 e. The first-order chi connectivity index (χ1) is 9.34. The Morgan fingerprint density at radius 2 is 2.10 bits per heavy atom. The summed E-state index contributed by atoms with van der Waals surface area (Å²) in [7, 11) is 0. The fraction of sp³-hybridized carbons (Fsp3) is 0.167. The van der Waals surface area contributed by atoms with Gasteiger partial charge in [-0.2, -0.15) is 18.3 Å². The standard InChI is InChI=1S/C12H9F4N3O/c13-9-3-1-2-8(4-9)6-19-7-10(5-17-19)18-11(20)12(14,15)16/h1-5,7H,6H2,(H,18,20). The first-order valence-corrected chi connectivity index (χ1v) is 5.49. The maximum absolute atomic E-state index is 13.0. The highest BCUT2D eigenvalue weighted by atomic mass is 19.4. The number of carbonyl (C=O) groups excluding carboxylic acids is 1. The molecule has 0 aliphatic heterocycles. The van der Waals surface area contributed by atoms with Gasteiger partial charge in [-0.25, -0.2) is 4.39 Å². The van der Waals surface area contributed by atoms with Crippen molar-refractivity contribution in [2.45, 2.75) is 12.7 Å². The molecule has 0 atom stereocenters. The van der Waals surface area contributed by atoms with Crippen LogP contribution in [0.15, 0.2) is 36.7 Å². The fourth-order valence-electron chi connectivity index (χ4n) is 1.54. The maximum Gasteiger partial charge on any atom is 0.471 e.